The summed E-state index contributed by atoms with van der Waals surface area (Å²) in [6.07, 6.45) is 0. The summed E-state index contributed by atoms with van der Waals surface area (Å²) in [6, 6.07) is 8.14. The summed E-state index contributed by atoms with van der Waals surface area (Å²) in [5.41, 5.74) is -1.90. The maximum atomic E-state index is 14.6. The Labute approximate surface area is 195 Å². The molecule has 10 heteroatoms. The molecule has 3 aromatic rings. The molecule has 0 unspecified atom stereocenters. The number of pyridine rings is 1. The molecule has 0 aliphatic rings. The van der Waals surface area contributed by atoms with Crippen LogP contribution in [0.4, 0.5) is 18.9 Å². The normalized spacial score (nSPS) is 11.4. The second-order valence-corrected chi connectivity index (χ2v) is 8.60. The van der Waals surface area contributed by atoms with Crippen molar-refractivity contribution in [2.75, 3.05) is 5.32 Å². The summed E-state index contributed by atoms with van der Waals surface area (Å²) >= 11 is 3.14. The fourth-order valence-corrected chi connectivity index (χ4v) is 3.33. The summed E-state index contributed by atoms with van der Waals surface area (Å²) in [7, 11) is 0. The van der Waals surface area contributed by atoms with Crippen molar-refractivity contribution in [1.82, 2.24) is 4.57 Å². The first-order valence-corrected chi connectivity index (χ1v) is 10.5. The minimum absolute atomic E-state index is 0.0408. The van der Waals surface area contributed by atoms with Crippen LogP contribution in [-0.2, 0) is 11.4 Å². The summed E-state index contributed by atoms with van der Waals surface area (Å²) in [5, 5.41) is 12.3. The maximum Gasteiger partial charge on any atom is 0.273 e. The fourth-order valence-electron chi connectivity index (χ4n) is 2.93. The lowest BCUT2D eigenvalue weighted by Crippen LogP contribution is -2.36. The first kappa shape index (κ1) is 24.5. The van der Waals surface area contributed by atoms with Gasteiger partial charge in [-0.15, -0.1) is 0 Å². The van der Waals surface area contributed by atoms with E-state index in [-0.39, 0.29) is 33.8 Å². The predicted molar refractivity (Wildman–Crippen MR) is 120 cm³/mol. The number of ether oxygens (including phenoxy) is 1. The van der Waals surface area contributed by atoms with Crippen molar-refractivity contribution in [2.45, 2.75) is 33.0 Å². The van der Waals surface area contributed by atoms with Gasteiger partial charge in [-0.05, 0) is 67.0 Å². The van der Waals surface area contributed by atoms with Crippen LogP contribution in [0.1, 0.15) is 25.1 Å². The van der Waals surface area contributed by atoms with E-state index in [0.717, 1.165) is 22.8 Å². The minimum atomic E-state index is -1.66. The third-order valence-corrected chi connectivity index (χ3v) is 5.43. The average molecular weight is 525 g/mol. The molecule has 1 heterocycles. The van der Waals surface area contributed by atoms with Crippen LogP contribution < -0.4 is 15.6 Å². The second-order valence-electron chi connectivity index (χ2n) is 7.81. The lowest BCUT2D eigenvalue weighted by atomic mass is 10.1. The van der Waals surface area contributed by atoms with Crippen LogP contribution in [0.2, 0.25) is 0 Å². The number of anilines is 1. The second kappa shape index (κ2) is 9.40. The van der Waals surface area contributed by atoms with Crippen LogP contribution in [0, 0.1) is 24.4 Å². The average Bonchev–Trinajstić information content (AvgIpc) is 2.72. The van der Waals surface area contributed by atoms with Crippen LogP contribution in [-0.4, -0.2) is 21.2 Å². The molecule has 0 aliphatic carbocycles. The van der Waals surface area contributed by atoms with Gasteiger partial charge in [0.2, 0.25) is 0 Å². The van der Waals surface area contributed by atoms with Crippen LogP contribution in [0.3, 0.4) is 0 Å². The maximum absolute atomic E-state index is 14.6. The molecular weight excluding hydrogens is 505 g/mol. The third-order valence-electron chi connectivity index (χ3n) is 4.70. The van der Waals surface area contributed by atoms with Crippen molar-refractivity contribution in [3.8, 4) is 11.4 Å². The number of carbonyl (C=O) groups is 1. The monoisotopic (exact) mass is 524 g/mol. The van der Waals surface area contributed by atoms with Crippen molar-refractivity contribution in [3.63, 3.8) is 0 Å². The first-order valence-electron chi connectivity index (χ1n) is 9.71. The van der Waals surface area contributed by atoms with Crippen LogP contribution in [0.15, 0.2) is 51.7 Å². The standard InChI is InChI=1S/C23H20BrF3N2O4/c1-12-8-19(33-11-13-4-5-14(25)9-17(13)27)20(24)21(30)29(12)18-10-15(6-7-16(18)26)28-22(31)23(2,3)32/h4-10,32H,11H2,1-3H3,(H,28,31). The molecule has 0 saturated heterocycles. The molecule has 6 nitrogen and oxygen atoms in total. The number of rotatable bonds is 6. The molecule has 0 bridgehead atoms. The first-order chi connectivity index (χ1) is 15.4. The molecule has 33 heavy (non-hydrogen) atoms. The molecule has 3 rings (SSSR count). The van der Waals surface area contributed by atoms with E-state index in [4.69, 9.17) is 4.74 Å². The zero-order chi connectivity index (χ0) is 24.5. The number of aryl methyl sites for hydroxylation is 1. The highest BCUT2D eigenvalue weighted by Gasteiger charge is 2.24. The highest BCUT2D eigenvalue weighted by Crippen LogP contribution is 2.27. The van der Waals surface area contributed by atoms with Gasteiger partial charge in [-0.1, -0.05) is 0 Å². The molecular formula is C23H20BrF3N2O4. The molecule has 2 N–H and O–H groups in total. The number of aromatic nitrogens is 1. The van der Waals surface area contributed by atoms with Gasteiger partial charge in [-0.25, -0.2) is 13.2 Å². The van der Waals surface area contributed by atoms with Gasteiger partial charge in [0, 0.05) is 29.1 Å². The lowest BCUT2D eigenvalue weighted by Gasteiger charge is -2.18. The summed E-state index contributed by atoms with van der Waals surface area (Å²) < 4.78 is 48.1. The van der Waals surface area contributed by atoms with Crippen LogP contribution in [0.25, 0.3) is 5.69 Å². The predicted octanol–water partition coefficient (Wildman–Crippen LogP) is 4.61. The van der Waals surface area contributed by atoms with Crippen LogP contribution in [0.5, 0.6) is 5.75 Å². The number of nitrogens with zero attached hydrogens (tertiary/aromatic N) is 1. The Morgan fingerprint density at radius 2 is 1.82 bits per heavy atom. The Morgan fingerprint density at radius 1 is 1.12 bits per heavy atom. The molecule has 1 aromatic heterocycles. The van der Waals surface area contributed by atoms with E-state index in [1.807, 2.05) is 0 Å². The molecule has 0 saturated carbocycles. The number of carbonyl (C=O) groups excluding carboxylic acids is 1. The SMILES string of the molecule is Cc1cc(OCc2ccc(F)cc2F)c(Br)c(=O)n1-c1cc(NC(=O)C(C)(C)O)ccc1F. The molecule has 174 valence electrons. The van der Waals surface area contributed by atoms with Crippen molar-refractivity contribution in [3.05, 3.63) is 86.0 Å². The lowest BCUT2D eigenvalue weighted by molar-refractivity contribution is -0.130. The minimum Gasteiger partial charge on any atom is -0.487 e. The van der Waals surface area contributed by atoms with E-state index < -0.39 is 34.5 Å². The molecule has 0 aliphatic heterocycles. The zero-order valence-electron chi connectivity index (χ0n) is 17.9. The molecule has 0 radical (unpaired) electrons. The van der Waals surface area contributed by atoms with Gasteiger partial charge in [0.15, 0.2) is 0 Å². The zero-order valence-corrected chi connectivity index (χ0v) is 19.5. The molecule has 2 aromatic carbocycles. The number of hydrogen-bond acceptors (Lipinski definition) is 4. The molecule has 0 fully saturated rings. The van der Waals surface area contributed by atoms with Crippen LogP contribution >= 0.6 is 15.9 Å². The number of benzene rings is 2. The van der Waals surface area contributed by atoms with E-state index in [2.05, 4.69) is 21.2 Å². The molecule has 0 spiro atoms. The van der Waals surface area contributed by atoms with E-state index in [1.54, 1.807) is 6.92 Å². The van der Waals surface area contributed by atoms with Gasteiger partial charge in [0.1, 0.15) is 39.9 Å². The fraction of sp³-hybridized carbons (Fsp3) is 0.217. The smallest absolute Gasteiger partial charge is 0.273 e. The van der Waals surface area contributed by atoms with Crippen molar-refractivity contribution < 1.29 is 27.8 Å². The highest BCUT2D eigenvalue weighted by atomic mass is 79.9. The van der Waals surface area contributed by atoms with E-state index in [0.29, 0.717) is 5.69 Å². The van der Waals surface area contributed by atoms with E-state index in [9.17, 15) is 27.9 Å². The Morgan fingerprint density at radius 3 is 2.45 bits per heavy atom. The quantitative estimate of drug-likeness (QED) is 0.493. The summed E-state index contributed by atoms with van der Waals surface area (Å²) in [6.45, 7) is 3.88. The van der Waals surface area contributed by atoms with Gasteiger partial charge in [-0.3, -0.25) is 14.2 Å². The van der Waals surface area contributed by atoms with Gasteiger partial charge in [0.05, 0.1) is 5.69 Å². The van der Waals surface area contributed by atoms with Gasteiger partial charge in [-0.2, -0.15) is 0 Å². The third kappa shape index (κ3) is 5.45. The number of aliphatic hydroxyl groups is 1. The van der Waals surface area contributed by atoms with E-state index >= 15 is 0 Å². The molecule has 1 amide bonds. The van der Waals surface area contributed by atoms with Gasteiger partial charge < -0.3 is 15.2 Å². The summed E-state index contributed by atoms with van der Waals surface area (Å²) in [5.74, 6) is -2.86. The van der Waals surface area contributed by atoms with Crippen molar-refractivity contribution >= 4 is 27.5 Å². The number of halogens is 4. The van der Waals surface area contributed by atoms with Crippen molar-refractivity contribution in [2.24, 2.45) is 0 Å². The Bertz CT molecular complexity index is 1290. The Kier molecular flexibility index (Phi) is 6.99. The molecule has 0 atom stereocenters. The van der Waals surface area contributed by atoms with Gasteiger partial charge in [0.25, 0.3) is 11.5 Å². The van der Waals surface area contributed by atoms with E-state index in [1.165, 1.54) is 38.1 Å². The topological polar surface area (TPSA) is 80.6 Å². The van der Waals surface area contributed by atoms with Gasteiger partial charge >= 0.3 is 0 Å². The largest absolute Gasteiger partial charge is 0.487 e. The Balaban J connectivity index is 1.95. The number of nitrogens with one attached hydrogen (secondary N) is 1. The summed E-state index contributed by atoms with van der Waals surface area (Å²) in [4.78, 5) is 25.0. The number of amides is 1. The Hall–Kier alpha value is -3.11. The number of hydrogen-bond donors (Lipinski definition) is 2. The van der Waals surface area contributed by atoms with Crippen molar-refractivity contribution in [1.29, 1.82) is 0 Å². The highest BCUT2D eigenvalue weighted by molar-refractivity contribution is 9.10.